The molecule has 0 bridgehead atoms. The molecule has 2 heteroatoms. The molecule has 0 atom stereocenters. The monoisotopic (exact) mass is 181 g/mol. The lowest BCUT2D eigenvalue weighted by atomic mass is 9.89. The molecule has 2 fully saturated rings. The van der Waals surface area contributed by atoms with Gasteiger partial charge in [-0.1, -0.05) is 6.58 Å². The van der Waals surface area contributed by atoms with Gasteiger partial charge in [-0.05, 0) is 38.5 Å². The average Bonchev–Trinajstić information content (AvgIpc) is 2.86. The maximum absolute atomic E-state index is 5.38. The van der Waals surface area contributed by atoms with E-state index in [1.165, 1.54) is 25.7 Å². The number of nitrogens with one attached hydrogen (secondary N) is 1. The molecule has 2 rings (SSSR count). The molecule has 1 aliphatic carbocycles. The number of ether oxygens (including phenoxy) is 1. The zero-order chi connectivity index (χ0) is 9.31. The van der Waals surface area contributed by atoms with Crippen molar-refractivity contribution in [2.24, 2.45) is 5.92 Å². The second-order valence-corrected chi connectivity index (χ2v) is 4.45. The predicted octanol–water partition coefficient (Wildman–Crippen LogP) is 2.07. The van der Waals surface area contributed by atoms with Gasteiger partial charge < -0.3 is 10.1 Å². The van der Waals surface area contributed by atoms with Crippen molar-refractivity contribution in [3.8, 4) is 0 Å². The van der Waals surface area contributed by atoms with E-state index >= 15 is 0 Å². The molecule has 2 nitrogen and oxygen atoms in total. The predicted molar refractivity (Wildman–Crippen MR) is 53.5 cm³/mol. The fraction of sp³-hybridized carbons (Fsp3) is 0.818. The van der Waals surface area contributed by atoms with E-state index in [0.717, 1.165) is 24.8 Å². The quantitative estimate of drug-likeness (QED) is 0.719. The van der Waals surface area contributed by atoms with Crippen molar-refractivity contribution >= 4 is 0 Å². The van der Waals surface area contributed by atoms with Crippen molar-refractivity contribution in [1.29, 1.82) is 0 Å². The van der Waals surface area contributed by atoms with Gasteiger partial charge in [0.1, 0.15) is 0 Å². The second kappa shape index (κ2) is 3.33. The maximum atomic E-state index is 5.38. The molecule has 0 aromatic carbocycles. The van der Waals surface area contributed by atoms with Crippen LogP contribution in [-0.4, -0.2) is 18.8 Å². The molecule has 2 aliphatic rings. The van der Waals surface area contributed by atoms with Crippen molar-refractivity contribution in [2.75, 3.05) is 13.2 Å². The first kappa shape index (κ1) is 9.07. The Hall–Kier alpha value is -0.500. The van der Waals surface area contributed by atoms with Gasteiger partial charge in [0.2, 0.25) is 0 Å². The third-order valence-corrected chi connectivity index (χ3v) is 3.25. The minimum absolute atomic E-state index is 0.412. The average molecular weight is 181 g/mol. The first-order valence-corrected chi connectivity index (χ1v) is 5.24. The van der Waals surface area contributed by atoms with Gasteiger partial charge >= 0.3 is 0 Å². The van der Waals surface area contributed by atoms with Crippen LogP contribution in [0.5, 0.6) is 0 Å². The molecular weight excluding hydrogens is 162 g/mol. The molecule has 1 saturated heterocycles. The third-order valence-electron chi connectivity index (χ3n) is 3.25. The third kappa shape index (κ3) is 1.88. The molecule has 0 aromatic heterocycles. The van der Waals surface area contributed by atoms with Crippen LogP contribution in [0.25, 0.3) is 0 Å². The summed E-state index contributed by atoms with van der Waals surface area (Å²) in [5.41, 5.74) is 1.53. The van der Waals surface area contributed by atoms with Crippen LogP contribution in [0.3, 0.4) is 0 Å². The number of hydrogen-bond donors (Lipinski definition) is 1. The fourth-order valence-corrected chi connectivity index (χ4v) is 2.45. The summed E-state index contributed by atoms with van der Waals surface area (Å²) < 4.78 is 5.38. The highest BCUT2D eigenvalue weighted by atomic mass is 16.5. The summed E-state index contributed by atoms with van der Waals surface area (Å²) in [6, 6.07) is 0. The molecule has 1 heterocycles. The molecule has 74 valence electrons. The topological polar surface area (TPSA) is 21.3 Å². The summed E-state index contributed by atoms with van der Waals surface area (Å²) in [6.07, 6.45) is 5.09. The van der Waals surface area contributed by atoms with Crippen LogP contribution in [-0.2, 0) is 4.74 Å². The van der Waals surface area contributed by atoms with Gasteiger partial charge in [-0.25, -0.2) is 0 Å². The zero-order valence-electron chi connectivity index (χ0n) is 8.44. The molecule has 13 heavy (non-hydrogen) atoms. The molecule has 0 unspecified atom stereocenters. The Bertz CT molecular complexity index is 202. The Kier molecular flexibility index (Phi) is 2.33. The van der Waals surface area contributed by atoms with Crippen LogP contribution < -0.4 is 5.32 Å². The number of rotatable bonds is 3. The summed E-state index contributed by atoms with van der Waals surface area (Å²) in [5.74, 6) is 0.818. The molecular formula is C11H19NO. The first-order valence-electron chi connectivity index (χ1n) is 5.24. The number of allylic oxidation sites excluding steroid dienone is 1. The van der Waals surface area contributed by atoms with Crippen molar-refractivity contribution in [3.05, 3.63) is 12.3 Å². The molecule has 1 aliphatic heterocycles. The van der Waals surface area contributed by atoms with Crippen LogP contribution in [0, 0.1) is 5.92 Å². The van der Waals surface area contributed by atoms with E-state index in [1.807, 2.05) is 0 Å². The summed E-state index contributed by atoms with van der Waals surface area (Å²) in [5, 5.41) is 3.55. The van der Waals surface area contributed by atoms with E-state index < -0.39 is 0 Å². The van der Waals surface area contributed by atoms with E-state index in [-0.39, 0.29) is 0 Å². The maximum Gasteiger partial charge on any atom is 0.0469 e. The standard InChI is InChI=1S/C11H19NO/c1-9(2)12-11(5-6-11)10-3-7-13-8-4-10/h10,12H,1,3-8H2,2H3. The Morgan fingerprint density at radius 2 is 2.00 bits per heavy atom. The van der Waals surface area contributed by atoms with Crippen LogP contribution >= 0.6 is 0 Å². The van der Waals surface area contributed by atoms with Gasteiger partial charge in [0.15, 0.2) is 0 Å². The largest absolute Gasteiger partial charge is 0.383 e. The van der Waals surface area contributed by atoms with E-state index in [0.29, 0.717) is 5.54 Å². The van der Waals surface area contributed by atoms with Crippen molar-refractivity contribution in [2.45, 2.75) is 38.1 Å². The molecule has 1 saturated carbocycles. The van der Waals surface area contributed by atoms with Crippen LogP contribution in [0.1, 0.15) is 32.6 Å². The van der Waals surface area contributed by atoms with Gasteiger partial charge in [-0.15, -0.1) is 0 Å². The summed E-state index contributed by atoms with van der Waals surface area (Å²) in [7, 11) is 0. The van der Waals surface area contributed by atoms with Crippen LogP contribution in [0.15, 0.2) is 12.3 Å². The molecule has 0 amide bonds. The van der Waals surface area contributed by atoms with Crippen molar-refractivity contribution < 1.29 is 4.74 Å². The van der Waals surface area contributed by atoms with E-state index in [4.69, 9.17) is 4.74 Å². The van der Waals surface area contributed by atoms with E-state index in [2.05, 4.69) is 18.8 Å². The lowest BCUT2D eigenvalue weighted by Gasteiger charge is -2.32. The molecule has 1 N–H and O–H groups in total. The van der Waals surface area contributed by atoms with Crippen LogP contribution in [0.2, 0.25) is 0 Å². The van der Waals surface area contributed by atoms with Crippen molar-refractivity contribution in [1.82, 2.24) is 5.32 Å². The van der Waals surface area contributed by atoms with Gasteiger partial charge in [0.25, 0.3) is 0 Å². The van der Waals surface area contributed by atoms with Crippen LogP contribution in [0.4, 0.5) is 0 Å². The lowest BCUT2D eigenvalue weighted by molar-refractivity contribution is 0.0511. The van der Waals surface area contributed by atoms with Gasteiger partial charge in [0, 0.05) is 24.4 Å². The minimum Gasteiger partial charge on any atom is -0.383 e. The highest BCUT2D eigenvalue weighted by Crippen LogP contribution is 2.46. The fourth-order valence-electron chi connectivity index (χ4n) is 2.45. The molecule has 0 radical (unpaired) electrons. The van der Waals surface area contributed by atoms with E-state index in [9.17, 15) is 0 Å². The smallest absolute Gasteiger partial charge is 0.0469 e. The molecule has 0 aromatic rings. The van der Waals surface area contributed by atoms with E-state index in [1.54, 1.807) is 0 Å². The van der Waals surface area contributed by atoms with Gasteiger partial charge in [-0.3, -0.25) is 0 Å². The van der Waals surface area contributed by atoms with Gasteiger partial charge in [0.05, 0.1) is 0 Å². The summed E-state index contributed by atoms with van der Waals surface area (Å²) in [6.45, 7) is 7.89. The Balaban J connectivity index is 1.93. The van der Waals surface area contributed by atoms with Crippen molar-refractivity contribution in [3.63, 3.8) is 0 Å². The Morgan fingerprint density at radius 3 is 2.46 bits per heavy atom. The summed E-state index contributed by atoms with van der Waals surface area (Å²) in [4.78, 5) is 0. The molecule has 0 spiro atoms. The Morgan fingerprint density at radius 1 is 1.38 bits per heavy atom. The number of hydrogen-bond acceptors (Lipinski definition) is 2. The highest BCUT2D eigenvalue weighted by molar-refractivity contribution is 5.12. The minimum atomic E-state index is 0.412. The Labute approximate surface area is 80.4 Å². The normalized spacial score (nSPS) is 26.8. The zero-order valence-corrected chi connectivity index (χ0v) is 8.44. The summed E-state index contributed by atoms with van der Waals surface area (Å²) >= 11 is 0. The second-order valence-electron chi connectivity index (χ2n) is 4.45. The first-order chi connectivity index (χ1) is 6.23. The SMILES string of the molecule is C=C(C)NC1(C2CCOCC2)CC1. The highest BCUT2D eigenvalue weighted by Gasteiger charge is 2.49. The van der Waals surface area contributed by atoms with Gasteiger partial charge in [-0.2, -0.15) is 0 Å². The lowest BCUT2D eigenvalue weighted by Crippen LogP contribution is -2.40.